The van der Waals surface area contributed by atoms with Gasteiger partial charge in [-0.15, -0.1) is 5.10 Å². The fourth-order valence-electron chi connectivity index (χ4n) is 2.55. The molecule has 0 saturated carbocycles. The summed E-state index contributed by atoms with van der Waals surface area (Å²) in [6.45, 7) is 1.64. The van der Waals surface area contributed by atoms with Gasteiger partial charge in [-0.25, -0.2) is 13.6 Å². The fraction of sp³-hybridized carbons (Fsp3) is 0.222. The van der Waals surface area contributed by atoms with Gasteiger partial charge in [0.25, 0.3) is 6.43 Å². The number of benzene rings is 1. The minimum Gasteiger partial charge on any atom is -0.494 e. The molecule has 2 aromatic heterocycles. The van der Waals surface area contributed by atoms with Crippen molar-refractivity contribution in [3.8, 4) is 16.9 Å². The summed E-state index contributed by atoms with van der Waals surface area (Å²) < 4.78 is 41.6. The molecule has 1 N–H and O–H groups in total. The fourth-order valence-corrected chi connectivity index (χ4v) is 2.55. The number of hydrogen-bond acceptors (Lipinski definition) is 8. The number of ether oxygens (including phenoxy) is 2. The minimum absolute atomic E-state index is 0.143. The van der Waals surface area contributed by atoms with Crippen molar-refractivity contribution >= 4 is 17.7 Å². The van der Waals surface area contributed by atoms with Crippen molar-refractivity contribution in [3.63, 3.8) is 0 Å². The van der Waals surface area contributed by atoms with Crippen LogP contribution in [0.2, 0.25) is 0 Å². The highest BCUT2D eigenvalue weighted by Gasteiger charge is 2.20. The molecule has 28 heavy (non-hydrogen) atoms. The summed E-state index contributed by atoms with van der Waals surface area (Å²) in [5.74, 6) is -0.0423. The van der Waals surface area contributed by atoms with E-state index < -0.39 is 18.1 Å². The van der Waals surface area contributed by atoms with Gasteiger partial charge in [0.2, 0.25) is 5.89 Å². The molecule has 1 aromatic carbocycles. The third-order valence-corrected chi connectivity index (χ3v) is 3.82. The van der Waals surface area contributed by atoms with E-state index in [4.69, 9.17) is 13.9 Å². The largest absolute Gasteiger partial charge is 0.494 e. The number of pyridine rings is 1. The van der Waals surface area contributed by atoms with E-state index in [0.717, 1.165) is 0 Å². The van der Waals surface area contributed by atoms with Crippen molar-refractivity contribution in [1.82, 2.24) is 15.2 Å². The van der Waals surface area contributed by atoms with Crippen molar-refractivity contribution in [2.75, 3.05) is 19.5 Å². The summed E-state index contributed by atoms with van der Waals surface area (Å²) in [7, 11) is 2.61. The van der Waals surface area contributed by atoms with Crippen LogP contribution in [0.15, 0.2) is 34.9 Å². The summed E-state index contributed by atoms with van der Waals surface area (Å²) in [5.41, 5.74) is 0.786. The lowest BCUT2D eigenvalue weighted by Gasteiger charge is -2.14. The zero-order valence-corrected chi connectivity index (χ0v) is 15.2. The number of carbonyl (C=O) groups is 1. The van der Waals surface area contributed by atoms with E-state index in [1.54, 1.807) is 19.1 Å². The first-order valence-corrected chi connectivity index (χ1v) is 8.05. The van der Waals surface area contributed by atoms with Crippen molar-refractivity contribution in [1.29, 1.82) is 0 Å². The second kappa shape index (κ2) is 7.99. The maximum absolute atomic E-state index is 13.2. The molecule has 0 radical (unpaired) electrons. The Morgan fingerprint density at radius 2 is 1.96 bits per heavy atom. The zero-order valence-electron chi connectivity index (χ0n) is 15.2. The lowest BCUT2D eigenvalue weighted by molar-refractivity contribution is 0.0601. The van der Waals surface area contributed by atoms with Crippen LogP contribution in [0, 0.1) is 6.92 Å². The third kappa shape index (κ3) is 3.90. The van der Waals surface area contributed by atoms with Crippen LogP contribution in [0.5, 0.6) is 5.75 Å². The first-order chi connectivity index (χ1) is 13.4. The molecule has 0 aliphatic carbocycles. The highest BCUT2D eigenvalue weighted by molar-refractivity contribution is 5.99. The lowest BCUT2D eigenvalue weighted by Crippen LogP contribution is -2.06. The van der Waals surface area contributed by atoms with Crippen LogP contribution in [-0.2, 0) is 4.74 Å². The predicted octanol–water partition coefficient (Wildman–Crippen LogP) is 3.92. The second-order valence-corrected chi connectivity index (χ2v) is 5.61. The summed E-state index contributed by atoms with van der Waals surface area (Å²) >= 11 is 0. The monoisotopic (exact) mass is 390 g/mol. The second-order valence-electron chi connectivity index (χ2n) is 5.61. The molecule has 10 heteroatoms. The van der Waals surface area contributed by atoms with Gasteiger partial charge < -0.3 is 19.2 Å². The van der Waals surface area contributed by atoms with Crippen LogP contribution in [0.25, 0.3) is 11.1 Å². The number of carbonyl (C=O) groups excluding carboxylic acids is 1. The molecule has 0 saturated heterocycles. The molecule has 0 fully saturated rings. The molecule has 0 atom stereocenters. The average molecular weight is 390 g/mol. The maximum atomic E-state index is 13.2. The molecule has 146 valence electrons. The number of alkyl halides is 2. The molecule has 3 aromatic rings. The number of halogens is 2. The maximum Gasteiger partial charge on any atom is 0.338 e. The Morgan fingerprint density at radius 1 is 1.18 bits per heavy atom. The van der Waals surface area contributed by atoms with E-state index in [1.807, 2.05) is 0 Å². The topological polar surface area (TPSA) is 99.4 Å². The molecule has 0 aliphatic heterocycles. The number of aryl methyl sites for hydroxylation is 1. The van der Waals surface area contributed by atoms with E-state index in [1.165, 1.54) is 32.5 Å². The first kappa shape index (κ1) is 19.2. The number of esters is 1. The molecule has 0 amide bonds. The number of anilines is 2. The Morgan fingerprint density at radius 3 is 2.57 bits per heavy atom. The van der Waals surface area contributed by atoms with Gasteiger partial charge in [0, 0.05) is 23.7 Å². The Kier molecular flexibility index (Phi) is 5.48. The van der Waals surface area contributed by atoms with Crippen LogP contribution < -0.4 is 10.1 Å². The van der Waals surface area contributed by atoms with Gasteiger partial charge in [0.15, 0.2) is 0 Å². The molecule has 0 bridgehead atoms. The smallest absolute Gasteiger partial charge is 0.338 e. The minimum atomic E-state index is -2.78. The van der Waals surface area contributed by atoms with Crippen LogP contribution in [0.3, 0.4) is 0 Å². The molecule has 3 rings (SSSR count). The van der Waals surface area contributed by atoms with Crippen molar-refractivity contribution in [2.45, 2.75) is 13.3 Å². The van der Waals surface area contributed by atoms with Crippen LogP contribution in [0.1, 0.15) is 28.4 Å². The molecule has 0 spiro atoms. The Balaban J connectivity index is 2.15. The number of hydrogen-bond donors (Lipinski definition) is 1. The molecular weight excluding hydrogens is 374 g/mol. The van der Waals surface area contributed by atoms with Crippen LogP contribution in [-0.4, -0.2) is 35.4 Å². The Bertz CT molecular complexity index is 1010. The number of nitrogens with one attached hydrogen (secondary N) is 1. The van der Waals surface area contributed by atoms with E-state index in [0.29, 0.717) is 17.1 Å². The summed E-state index contributed by atoms with van der Waals surface area (Å²) in [5, 5.41) is 10.4. The SMILES string of the molecule is COC(=O)c1ccc(Nc2nnc(C)o2)cc1-c1cc(C(F)F)ncc1OC. The highest BCUT2D eigenvalue weighted by Crippen LogP contribution is 2.36. The van der Waals surface area contributed by atoms with E-state index in [2.05, 4.69) is 20.5 Å². The van der Waals surface area contributed by atoms with E-state index in [9.17, 15) is 13.6 Å². The van der Waals surface area contributed by atoms with E-state index >= 15 is 0 Å². The quantitative estimate of drug-likeness (QED) is 0.633. The summed E-state index contributed by atoms with van der Waals surface area (Å²) in [4.78, 5) is 15.9. The molecule has 0 aliphatic rings. The normalized spacial score (nSPS) is 10.8. The number of nitrogens with zero attached hydrogens (tertiary/aromatic N) is 3. The van der Waals surface area contributed by atoms with Gasteiger partial charge in [-0.1, -0.05) is 5.10 Å². The molecular formula is C18H16F2N4O4. The number of methoxy groups -OCH3 is 2. The molecule has 8 nitrogen and oxygen atoms in total. The summed E-state index contributed by atoms with van der Waals surface area (Å²) in [6.07, 6.45) is -1.60. The third-order valence-electron chi connectivity index (χ3n) is 3.82. The first-order valence-electron chi connectivity index (χ1n) is 8.05. The van der Waals surface area contributed by atoms with Gasteiger partial charge >= 0.3 is 12.0 Å². The van der Waals surface area contributed by atoms with Crippen LogP contribution in [0.4, 0.5) is 20.5 Å². The van der Waals surface area contributed by atoms with Crippen molar-refractivity contribution in [3.05, 3.63) is 47.6 Å². The van der Waals surface area contributed by atoms with Crippen LogP contribution >= 0.6 is 0 Å². The van der Waals surface area contributed by atoms with Gasteiger partial charge in [-0.2, -0.15) is 0 Å². The van der Waals surface area contributed by atoms with Gasteiger partial charge in [-0.3, -0.25) is 4.98 Å². The highest BCUT2D eigenvalue weighted by atomic mass is 19.3. The Labute approximate surface area is 158 Å². The summed E-state index contributed by atoms with van der Waals surface area (Å²) in [6, 6.07) is 5.97. The van der Waals surface area contributed by atoms with Gasteiger partial charge in [0.1, 0.15) is 11.4 Å². The number of rotatable bonds is 6. The predicted molar refractivity (Wildman–Crippen MR) is 94.8 cm³/mol. The van der Waals surface area contributed by atoms with Crippen molar-refractivity contribution in [2.24, 2.45) is 0 Å². The molecule has 0 unspecified atom stereocenters. The molecule has 2 heterocycles. The van der Waals surface area contributed by atoms with Gasteiger partial charge in [0.05, 0.1) is 26.0 Å². The van der Waals surface area contributed by atoms with Crippen molar-refractivity contribution < 1.29 is 27.5 Å². The average Bonchev–Trinajstić information content (AvgIpc) is 3.11. The lowest BCUT2D eigenvalue weighted by atomic mass is 9.98. The zero-order chi connectivity index (χ0) is 20.3. The van der Waals surface area contributed by atoms with Gasteiger partial charge in [-0.05, 0) is 24.3 Å². The van der Waals surface area contributed by atoms with E-state index in [-0.39, 0.29) is 22.9 Å². The standard InChI is InChI=1S/C18H16F2N4O4/c1-9-23-24-18(28-9)22-10-4-5-11(17(25)27-3)12(6-10)13-7-14(16(19)20)21-8-15(13)26-2/h4-8,16H,1-3H3,(H,22,24). The number of aromatic nitrogens is 3. The Hall–Kier alpha value is -3.56.